The van der Waals surface area contributed by atoms with Crippen molar-refractivity contribution in [3.63, 3.8) is 0 Å². The highest BCUT2D eigenvalue weighted by molar-refractivity contribution is 5.18. The van der Waals surface area contributed by atoms with Crippen molar-refractivity contribution in [3.05, 3.63) is 30.1 Å². The average Bonchev–Trinajstić information content (AvgIpc) is 2.81. The van der Waals surface area contributed by atoms with Crippen LogP contribution in [0.5, 0.6) is 0 Å². The lowest BCUT2D eigenvalue weighted by molar-refractivity contribution is 0.0845. The lowest BCUT2D eigenvalue weighted by Crippen LogP contribution is -2.34. The van der Waals surface area contributed by atoms with E-state index < -0.39 is 5.60 Å². The van der Waals surface area contributed by atoms with Gasteiger partial charge in [0.1, 0.15) is 5.60 Å². The third-order valence-corrected chi connectivity index (χ3v) is 5.22. The van der Waals surface area contributed by atoms with Crippen molar-refractivity contribution in [1.82, 2.24) is 9.88 Å². The fourth-order valence-corrected chi connectivity index (χ4v) is 3.87. The zero-order valence-electron chi connectivity index (χ0n) is 14.0. The molecule has 1 aromatic heterocycles. The quantitative estimate of drug-likeness (QED) is 0.668. The maximum Gasteiger partial charge on any atom is 0.125 e. The molecule has 0 aromatic carbocycles. The van der Waals surface area contributed by atoms with Gasteiger partial charge in [-0.25, -0.2) is 0 Å². The fourth-order valence-electron chi connectivity index (χ4n) is 3.87. The first-order valence-corrected chi connectivity index (χ1v) is 9.13. The minimum Gasteiger partial charge on any atom is -0.378 e. The molecule has 1 saturated carbocycles. The summed E-state index contributed by atoms with van der Waals surface area (Å²) in [6, 6.07) is 4.61. The highest BCUT2D eigenvalue weighted by Crippen LogP contribution is 2.30. The number of piperidine rings is 1. The van der Waals surface area contributed by atoms with Gasteiger partial charge >= 0.3 is 0 Å². The Hall–Kier alpha value is -1.37. The van der Waals surface area contributed by atoms with Crippen LogP contribution in [0.4, 0.5) is 0 Å². The van der Waals surface area contributed by atoms with Crippen LogP contribution in [0.3, 0.4) is 0 Å². The van der Waals surface area contributed by atoms with E-state index >= 15 is 0 Å². The third-order valence-electron chi connectivity index (χ3n) is 5.22. The van der Waals surface area contributed by atoms with Crippen molar-refractivity contribution in [2.75, 3.05) is 13.1 Å². The fraction of sp³-hybridized carbons (Fsp3) is 0.650. The van der Waals surface area contributed by atoms with Gasteiger partial charge in [-0.05, 0) is 56.7 Å². The summed E-state index contributed by atoms with van der Waals surface area (Å²) >= 11 is 0. The zero-order chi connectivity index (χ0) is 16.0. The Bertz CT molecular complexity index is 538. The van der Waals surface area contributed by atoms with Crippen molar-refractivity contribution < 1.29 is 5.11 Å². The molecule has 2 fully saturated rings. The summed E-state index contributed by atoms with van der Waals surface area (Å²) in [4.78, 5) is 6.72. The molecule has 3 nitrogen and oxygen atoms in total. The molecule has 23 heavy (non-hydrogen) atoms. The molecule has 1 aromatic rings. The Labute approximate surface area is 140 Å². The van der Waals surface area contributed by atoms with E-state index in [1.165, 1.54) is 37.7 Å². The van der Waals surface area contributed by atoms with Crippen LogP contribution in [-0.2, 0) is 0 Å². The van der Waals surface area contributed by atoms with Crippen LogP contribution >= 0.6 is 0 Å². The SMILES string of the molecule is OC1(C#CCN2CCCCC2c2cccnc2)CCCCCC1. The van der Waals surface area contributed by atoms with Gasteiger partial charge in [0.05, 0.1) is 6.54 Å². The van der Waals surface area contributed by atoms with Gasteiger partial charge in [-0.15, -0.1) is 0 Å². The van der Waals surface area contributed by atoms with Crippen LogP contribution in [0.1, 0.15) is 69.4 Å². The molecule has 1 N–H and O–H groups in total. The first-order valence-electron chi connectivity index (χ1n) is 9.13. The summed E-state index contributed by atoms with van der Waals surface area (Å²) in [5, 5.41) is 10.7. The van der Waals surface area contributed by atoms with Gasteiger partial charge in [0.15, 0.2) is 0 Å². The second-order valence-electron chi connectivity index (χ2n) is 7.02. The van der Waals surface area contributed by atoms with Gasteiger partial charge in [-0.3, -0.25) is 9.88 Å². The van der Waals surface area contributed by atoms with Crippen molar-refractivity contribution in [1.29, 1.82) is 0 Å². The maximum absolute atomic E-state index is 10.7. The molecule has 1 aliphatic heterocycles. The van der Waals surface area contributed by atoms with E-state index in [0.29, 0.717) is 6.04 Å². The van der Waals surface area contributed by atoms with Crippen LogP contribution in [0.15, 0.2) is 24.5 Å². The maximum atomic E-state index is 10.7. The molecule has 1 aliphatic carbocycles. The van der Waals surface area contributed by atoms with Gasteiger partial charge in [-0.1, -0.05) is 37.2 Å². The first kappa shape index (κ1) is 16.5. The van der Waals surface area contributed by atoms with Gasteiger partial charge in [0.25, 0.3) is 0 Å². The predicted octanol–water partition coefficient (Wildman–Crippen LogP) is 3.70. The van der Waals surface area contributed by atoms with Crippen LogP contribution in [0, 0.1) is 11.8 Å². The molecule has 0 spiro atoms. The van der Waals surface area contributed by atoms with E-state index in [-0.39, 0.29) is 0 Å². The van der Waals surface area contributed by atoms with Crippen LogP contribution < -0.4 is 0 Å². The van der Waals surface area contributed by atoms with Gasteiger partial charge in [-0.2, -0.15) is 0 Å². The Kier molecular flexibility index (Phi) is 5.70. The molecule has 3 heteroatoms. The Morgan fingerprint density at radius 2 is 2.00 bits per heavy atom. The highest BCUT2D eigenvalue weighted by Gasteiger charge is 2.26. The van der Waals surface area contributed by atoms with E-state index in [4.69, 9.17) is 0 Å². The Balaban J connectivity index is 1.65. The molecule has 2 aliphatic rings. The predicted molar refractivity (Wildman–Crippen MR) is 92.8 cm³/mol. The summed E-state index contributed by atoms with van der Waals surface area (Å²) in [6.07, 6.45) is 13.9. The number of rotatable bonds is 2. The minimum atomic E-state index is -0.740. The van der Waals surface area contributed by atoms with Crippen LogP contribution in [0.2, 0.25) is 0 Å². The molecular formula is C20H28N2O. The summed E-state index contributed by atoms with van der Waals surface area (Å²) in [5.74, 6) is 6.50. The van der Waals surface area contributed by atoms with Crippen molar-refractivity contribution in [3.8, 4) is 11.8 Å². The van der Waals surface area contributed by atoms with E-state index in [0.717, 1.165) is 38.8 Å². The lowest BCUT2D eigenvalue weighted by atomic mass is 9.94. The van der Waals surface area contributed by atoms with E-state index in [9.17, 15) is 5.11 Å². The molecule has 3 rings (SSSR count). The molecule has 0 amide bonds. The standard InChI is InChI=1S/C20H28N2O/c23-20(11-4-1-2-5-12-20)13-8-16-22-15-6-3-10-19(22)18-9-7-14-21-17-18/h7,9,14,17,19,23H,1-6,10-12,15-16H2. The van der Waals surface area contributed by atoms with Gasteiger partial charge in [0, 0.05) is 18.4 Å². The number of hydrogen-bond acceptors (Lipinski definition) is 3. The molecule has 1 saturated heterocycles. The minimum absolute atomic E-state index is 0.426. The van der Waals surface area contributed by atoms with E-state index in [1.807, 2.05) is 18.5 Å². The van der Waals surface area contributed by atoms with Crippen molar-refractivity contribution in [2.24, 2.45) is 0 Å². The normalized spacial score (nSPS) is 25.2. The second kappa shape index (κ2) is 7.95. The highest BCUT2D eigenvalue weighted by atomic mass is 16.3. The number of aromatic nitrogens is 1. The third kappa shape index (κ3) is 4.56. The summed E-state index contributed by atoms with van der Waals surface area (Å²) < 4.78 is 0. The van der Waals surface area contributed by atoms with E-state index in [1.54, 1.807) is 0 Å². The van der Waals surface area contributed by atoms with Crippen molar-refractivity contribution >= 4 is 0 Å². The average molecular weight is 312 g/mol. The number of pyridine rings is 1. The smallest absolute Gasteiger partial charge is 0.125 e. The number of nitrogens with zero attached hydrogens (tertiary/aromatic N) is 2. The molecule has 2 heterocycles. The summed E-state index contributed by atoms with van der Waals surface area (Å²) in [6.45, 7) is 1.84. The topological polar surface area (TPSA) is 36.4 Å². The molecular weight excluding hydrogens is 284 g/mol. The number of likely N-dealkylation sites (tertiary alicyclic amines) is 1. The first-order chi connectivity index (χ1) is 11.3. The molecule has 124 valence electrons. The monoisotopic (exact) mass is 312 g/mol. The summed E-state index contributed by atoms with van der Waals surface area (Å²) in [5.41, 5.74) is 0.554. The molecule has 1 atom stereocenters. The summed E-state index contributed by atoms with van der Waals surface area (Å²) in [7, 11) is 0. The van der Waals surface area contributed by atoms with Crippen LogP contribution in [-0.4, -0.2) is 33.7 Å². The van der Waals surface area contributed by atoms with Crippen LogP contribution in [0.25, 0.3) is 0 Å². The zero-order valence-corrected chi connectivity index (χ0v) is 14.0. The largest absolute Gasteiger partial charge is 0.378 e. The number of hydrogen-bond donors (Lipinski definition) is 1. The Morgan fingerprint density at radius 3 is 2.74 bits per heavy atom. The number of aliphatic hydroxyl groups is 1. The van der Waals surface area contributed by atoms with Gasteiger partial charge < -0.3 is 5.11 Å². The molecule has 0 bridgehead atoms. The van der Waals surface area contributed by atoms with E-state index in [2.05, 4.69) is 27.8 Å². The van der Waals surface area contributed by atoms with Crippen molar-refractivity contribution in [2.45, 2.75) is 69.4 Å². The molecule has 0 radical (unpaired) electrons. The Morgan fingerprint density at radius 1 is 1.17 bits per heavy atom. The molecule has 1 unspecified atom stereocenters. The lowest BCUT2D eigenvalue weighted by Gasteiger charge is -2.34. The van der Waals surface area contributed by atoms with Gasteiger partial charge in [0.2, 0.25) is 0 Å². The second-order valence-corrected chi connectivity index (χ2v) is 7.02.